The number of aromatic hydroxyl groups is 1. The van der Waals surface area contributed by atoms with Gasteiger partial charge in [-0.05, 0) is 35.9 Å². The van der Waals surface area contributed by atoms with Gasteiger partial charge in [-0.15, -0.1) is 0 Å². The van der Waals surface area contributed by atoms with Gasteiger partial charge in [0.25, 0.3) is 0 Å². The van der Waals surface area contributed by atoms with Crippen LogP contribution in [0.25, 0.3) is 33.3 Å². The molecule has 0 fully saturated rings. The summed E-state index contributed by atoms with van der Waals surface area (Å²) in [5.74, 6) is -0.482. The lowest BCUT2D eigenvalue weighted by Crippen LogP contribution is -2.12. The van der Waals surface area contributed by atoms with Gasteiger partial charge in [-0.3, -0.25) is 9.78 Å². The fraction of sp³-hybridized carbons (Fsp3) is 0. The van der Waals surface area contributed by atoms with Crippen LogP contribution in [0.4, 0.5) is 0 Å². The maximum atomic E-state index is 11.7. The minimum Gasteiger partial charge on any atom is -0.507 e. The van der Waals surface area contributed by atoms with Crippen LogP contribution in [0.15, 0.2) is 60.9 Å². The summed E-state index contributed by atoms with van der Waals surface area (Å²) in [6.07, 6.45) is 3.47. The topological polar surface area (TPSA) is 92.0 Å². The SMILES string of the molecule is NC(=O)c1c[c]ccc1-c1cccc(-c2cc3cnccc3[nH]2)c1O. The van der Waals surface area contributed by atoms with Crippen LogP contribution >= 0.6 is 0 Å². The van der Waals surface area contributed by atoms with Crippen LogP contribution in [-0.2, 0) is 0 Å². The Hall–Kier alpha value is -3.60. The number of amides is 1. The van der Waals surface area contributed by atoms with Crippen molar-refractivity contribution in [2.75, 3.05) is 0 Å². The third kappa shape index (κ3) is 2.52. The summed E-state index contributed by atoms with van der Waals surface area (Å²) in [6, 6.07) is 17.0. The number of carbonyl (C=O) groups is 1. The predicted octanol–water partition coefficient (Wildman–Crippen LogP) is 3.50. The molecule has 25 heavy (non-hydrogen) atoms. The van der Waals surface area contributed by atoms with Crippen LogP contribution in [0.2, 0.25) is 0 Å². The van der Waals surface area contributed by atoms with Crippen molar-refractivity contribution in [3.63, 3.8) is 0 Å². The van der Waals surface area contributed by atoms with Crippen molar-refractivity contribution in [1.29, 1.82) is 0 Å². The summed E-state index contributed by atoms with van der Waals surface area (Å²) in [7, 11) is 0. The number of rotatable bonds is 3. The molecule has 0 saturated carbocycles. The zero-order valence-corrected chi connectivity index (χ0v) is 13.2. The van der Waals surface area contributed by atoms with Gasteiger partial charge in [0.1, 0.15) is 5.75 Å². The van der Waals surface area contributed by atoms with E-state index in [9.17, 15) is 9.90 Å². The highest BCUT2D eigenvalue weighted by molar-refractivity contribution is 6.01. The Balaban J connectivity index is 1.91. The summed E-state index contributed by atoms with van der Waals surface area (Å²) in [6.45, 7) is 0. The number of phenolic OH excluding ortho intramolecular Hbond substituents is 1. The lowest BCUT2D eigenvalue weighted by atomic mass is 9.95. The number of nitrogens with one attached hydrogen (secondary N) is 1. The predicted molar refractivity (Wildman–Crippen MR) is 96.0 cm³/mol. The van der Waals surface area contributed by atoms with Crippen LogP contribution < -0.4 is 5.73 Å². The molecule has 5 nitrogen and oxygen atoms in total. The molecular formula is C20H14N3O2. The zero-order valence-electron chi connectivity index (χ0n) is 13.2. The molecule has 0 aliphatic carbocycles. The van der Waals surface area contributed by atoms with E-state index in [2.05, 4.69) is 16.0 Å². The molecule has 1 amide bonds. The van der Waals surface area contributed by atoms with E-state index in [0.29, 0.717) is 22.3 Å². The summed E-state index contributed by atoms with van der Waals surface area (Å²) >= 11 is 0. The van der Waals surface area contributed by atoms with E-state index in [0.717, 1.165) is 16.6 Å². The average molecular weight is 328 g/mol. The molecule has 2 heterocycles. The maximum absolute atomic E-state index is 11.7. The molecule has 0 aliphatic rings. The van der Waals surface area contributed by atoms with Crippen molar-refractivity contribution < 1.29 is 9.90 Å². The molecule has 2 aromatic heterocycles. The summed E-state index contributed by atoms with van der Waals surface area (Å²) < 4.78 is 0. The number of para-hydroxylation sites is 1. The van der Waals surface area contributed by atoms with Gasteiger partial charge in [0.05, 0.1) is 5.69 Å². The van der Waals surface area contributed by atoms with E-state index in [-0.39, 0.29) is 5.75 Å². The highest BCUT2D eigenvalue weighted by atomic mass is 16.3. The largest absolute Gasteiger partial charge is 0.507 e. The average Bonchev–Trinajstić information content (AvgIpc) is 3.05. The van der Waals surface area contributed by atoms with Crippen molar-refractivity contribution in [2.45, 2.75) is 0 Å². The van der Waals surface area contributed by atoms with Crippen LogP contribution in [0, 0.1) is 6.07 Å². The maximum Gasteiger partial charge on any atom is 0.249 e. The van der Waals surface area contributed by atoms with Gasteiger partial charge >= 0.3 is 0 Å². The molecule has 0 unspecified atom stereocenters. The van der Waals surface area contributed by atoms with Crippen LogP contribution in [0.3, 0.4) is 0 Å². The summed E-state index contributed by atoms with van der Waals surface area (Å²) in [5, 5.41) is 11.8. The third-order valence-electron chi connectivity index (χ3n) is 4.17. The molecule has 0 aliphatic heterocycles. The first-order valence-electron chi connectivity index (χ1n) is 7.70. The fourth-order valence-corrected chi connectivity index (χ4v) is 2.96. The van der Waals surface area contributed by atoms with E-state index in [1.54, 1.807) is 30.6 Å². The summed E-state index contributed by atoms with van der Waals surface area (Å²) in [5.41, 5.74) is 9.21. The molecule has 0 saturated heterocycles. The number of aromatic nitrogens is 2. The minimum absolute atomic E-state index is 0.0794. The number of fused-ring (bicyclic) bond motifs is 1. The fourth-order valence-electron chi connectivity index (χ4n) is 2.96. The number of pyridine rings is 1. The van der Waals surface area contributed by atoms with Gasteiger partial charge < -0.3 is 15.8 Å². The standard InChI is InChI=1S/C20H14N3O2/c21-20(25)15-5-2-1-4-13(15)14-6-3-7-16(19(14)24)18-10-12-11-22-9-8-17(12)23-18/h1,3-11,23-24H,(H2,21,25). The molecule has 0 bridgehead atoms. The highest BCUT2D eigenvalue weighted by Gasteiger charge is 2.16. The number of H-pyrrole nitrogens is 1. The van der Waals surface area contributed by atoms with Crippen molar-refractivity contribution in [3.8, 4) is 28.1 Å². The van der Waals surface area contributed by atoms with Crippen molar-refractivity contribution in [1.82, 2.24) is 9.97 Å². The Kier molecular flexibility index (Phi) is 3.47. The first kappa shape index (κ1) is 15.0. The second kappa shape index (κ2) is 5.79. The quantitative estimate of drug-likeness (QED) is 0.537. The number of hydrogen-bond donors (Lipinski definition) is 3. The van der Waals surface area contributed by atoms with Gasteiger partial charge in [0, 0.05) is 40.0 Å². The number of nitrogens with zero attached hydrogens (tertiary/aromatic N) is 1. The number of carbonyl (C=O) groups excluding carboxylic acids is 1. The van der Waals surface area contributed by atoms with Crippen molar-refractivity contribution in [3.05, 3.63) is 72.6 Å². The molecule has 5 heteroatoms. The van der Waals surface area contributed by atoms with Crippen molar-refractivity contribution in [2.24, 2.45) is 5.73 Å². The van der Waals surface area contributed by atoms with Gasteiger partial charge in [-0.1, -0.05) is 24.3 Å². The molecule has 2 aromatic carbocycles. The Bertz CT molecular complexity index is 1070. The normalized spacial score (nSPS) is 10.9. The zero-order chi connectivity index (χ0) is 17.4. The number of primary amides is 1. The lowest BCUT2D eigenvalue weighted by Gasteiger charge is -2.11. The first-order valence-corrected chi connectivity index (χ1v) is 7.70. The molecule has 0 atom stereocenters. The smallest absolute Gasteiger partial charge is 0.249 e. The molecule has 4 aromatic rings. The first-order chi connectivity index (χ1) is 12.1. The molecule has 4 N–H and O–H groups in total. The second-order valence-corrected chi connectivity index (χ2v) is 5.68. The molecule has 121 valence electrons. The number of hydrogen-bond acceptors (Lipinski definition) is 3. The number of nitrogens with two attached hydrogens (primary N) is 1. The Labute approximate surface area is 143 Å². The third-order valence-corrected chi connectivity index (χ3v) is 4.17. The Morgan fingerprint density at radius 1 is 1.16 bits per heavy atom. The lowest BCUT2D eigenvalue weighted by molar-refractivity contribution is 0.100. The monoisotopic (exact) mass is 328 g/mol. The van der Waals surface area contributed by atoms with E-state index >= 15 is 0 Å². The van der Waals surface area contributed by atoms with Crippen LogP contribution in [0.5, 0.6) is 5.75 Å². The van der Waals surface area contributed by atoms with E-state index < -0.39 is 5.91 Å². The van der Waals surface area contributed by atoms with Crippen molar-refractivity contribution >= 4 is 16.8 Å². The van der Waals surface area contributed by atoms with Gasteiger partial charge in [0.2, 0.25) is 5.91 Å². The number of aromatic amines is 1. The van der Waals surface area contributed by atoms with Gasteiger partial charge in [0.15, 0.2) is 0 Å². The Morgan fingerprint density at radius 3 is 2.80 bits per heavy atom. The van der Waals surface area contributed by atoms with E-state index in [4.69, 9.17) is 5.73 Å². The molecule has 0 spiro atoms. The number of phenols is 1. The summed E-state index contributed by atoms with van der Waals surface area (Å²) in [4.78, 5) is 19.1. The van der Waals surface area contributed by atoms with E-state index in [1.807, 2.05) is 24.3 Å². The van der Waals surface area contributed by atoms with Gasteiger partial charge in [-0.25, -0.2) is 0 Å². The number of benzene rings is 2. The second-order valence-electron chi connectivity index (χ2n) is 5.68. The highest BCUT2D eigenvalue weighted by Crippen LogP contribution is 2.39. The van der Waals surface area contributed by atoms with Crippen LogP contribution in [-0.4, -0.2) is 21.0 Å². The van der Waals surface area contributed by atoms with E-state index in [1.165, 1.54) is 6.07 Å². The minimum atomic E-state index is -0.562. The Morgan fingerprint density at radius 2 is 2.00 bits per heavy atom. The van der Waals surface area contributed by atoms with Gasteiger partial charge in [-0.2, -0.15) is 0 Å². The molecular weight excluding hydrogens is 314 g/mol. The molecule has 4 rings (SSSR count). The van der Waals surface area contributed by atoms with Crippen LogP contribution in [0.1, 0.15) is 10.4 Å². The molecule has 1 radical (unpaired) electrons.